The van der Waals surface area contributed by atoms with Crippen LogP contribution in [0.5, 0.6) is 0 Å². The molecular weight excluding hydrogens is 203 g/mol. The third kappa shape index (κ3) is 2.12. The number of aryl methyl sites for hydroxylation is 1. The van der Waals surface area contributed by atoms with Crippen molar-refractivity contribution in [3.05, 3.63) is 35.1 Å². The van der Waals surface area contributed by atoms with E-state index in [0.717, 1.165) is 12.8 Å². The highest BCUT2D eigenvalue weighted by Crippen LogP contribution is 2.51. The summed E-state index contributed by atoms with van der Waals surface area (Å²) < 4.78 is 13.8. The summed E-state index contributed by atoms with van der Waals surface area (Å²) in [6.45, 7) is 7.51. The van der Waals surface area contributed by atoms with E-state index >= 15 is 0 Å². The van der Waals surface area contributed by atoms with Crippen LogP contribution in [0.3, 0.4) is 0 Å². The van der Waals surface area contributed by atoms with E-state index in [2.05, 4.69) is 0 Å². The van der Waals surface area contributed by atoms with E-state index in [1.54, 1.807) is 26.0 Å². The van der Waals surface area contributed by atoms with Gasteiger partial charge in [0, 0.05) is 5.41 Å². The predicted octanol–water partition coefficient (Wildman–Crippen LogP) is 3.57. The predicted molar refractivity (Wildman–Crippen MR) is 65.1 cm³/mol. The van der Waals surface area contributed by atoms with E-state index in [9.17, 15) is 9.50 Å². The Morgan fingerprint density at radius 2 is 1.88 bits per heavy atom. The summed E-state index contributed by atoms with van der Waals surface area (Å²) in [5.74, 6) is -0.147. The van der Waals surface area contributed by atoms with Crippen LogP contribution in [-0.4, -0.2) is 11.2 Å². The largest absolute Gasteiger partial charge is 0.392 e. The Labute approximate surface area is 97.3 Å². The van der Waals surface area contributed by atoms with Gasteiger partial charge in [0.15, 0.2) is 0 Å². The van der Waals surface area contributed by atoms with Gasteiger partial charge in [0.05, 0.1) is 6.10 Å². The van der Waals surface area contributed by atoms with Gasteiger partial charge in [-0.15, -0.1) is 0 Å². The summed E-state index contributed by atoms with van der Waals surface area (Å²) >= 11 is 0. The number of aliphatic hydroxyl groups is 1. The van der Waals surface area contributed by atoms with Crippen LogP contribution in [0, 0.1) is 12.7 Å². The third-order valence-electron chi connectivity index (χ3n) is 3.32. The molecule has 0 aromatic heterocycles. The topological polar surface area (TPSA) is 20.2 Å². The van der Waals surface area contributed by atoms with Crippen LogP contribution in [0.2, 0.25) is 0 Å². The number of rotatable bonds is 2. The number of hydrogen-bond donors (Lipinski definition) is 1. The van der Waals surface area contributed by atoms with E-state index in [-0.39, 0.29) is 11.2 Å². The van der Waals surface area contributed by atoms with Crippen LogP contribution in [0.1, 0.15) is 44.7 Å². The average Bonchev–Trinajstić information content (AvgIpc) is 3.06. The summed E-state index contributed by atoms with van der Waals surface area (Å²) in [7, 11) is 0. The van der Waals surface area contributed by atoms with Gasteiger partial charge < -0.3 is 5.11 Å². The molecule has 0 bridgehead atoms. The first-order valence-electron chi connectivity index (χ1n) is 6.01. The zero-order chi connectivity index (χ0) is 12.3. The summed E-state index contributed by atoms with van der Waals surface area (Å²) in [4.78, 5) is 0. The maximum absolute atomic E-state index is 13.8. The van der Waals surface area contributed by atoms with Crippen LogP contribution < -0.4 is 0 Å². The average molecular weight is 224 g/mol. The molecule has 1 aliphatic rings. The molecule has 0 heterocycles. The van der Waals surface area contributed by atoms with Gasteiger partial charge in [0.1, 0.15) is 5.82 Å². The fourth-order valence-electron chi connectivity index (χ4n) is 2.08. The molecule has 90 valence electrons. The monoisotopic (exact) mass is 224 g/mol. The molecular formula is C14H21FO. The molecule has 0 amide bonds. The summed E-state index contributed by atoms with van der Waals surface area (Å²) in [5, 5.41) is 9.64. The van der Waals surface area contributed by atoms with E-state index < -0.39 is 6.10 Å². The molecule has 1 atom stereocenters. The molecule has 1 nitrogen and oxygen atoms in total. The third-order valence-corrected chi connectivity index (χ3v) is 3.32. The van der Waals surface area contributed by atoms with Crippen molar-refractivity contribution in [3.8, 4) is 0 Å². The highest BCUT2D eigenvalue weighted by molar-refractivity contribution is 5.37. The molecule has 1 aromatic rings. The molecule has 0 radical (unpaired) electrons. The molecule has 1 N–H and O–H groups in total. The summed E-state index contributed by atoms with van der Waals surface area (Å²) in [6.07, 6.45) is 1.33. The second-order valence-electron chi connectivity index (χ2n) is 4.27. The van der Waals surface area contributed by atoms with Crippen LogP contribution in [0.25, 0.3) is 0 Å². The molecule has 2 rings (SSSR count). The minimum atomic E-state index is -0.459. The minimum Gasteiger partial charge on any atom is -0.392 e. The molecule has 0 unspecified atom stereocenters. The van der Waals surface area contributed by atoms with Crippen molar-refractivity contribution in [2.75, 3.05) is 0 Å². The van der Waals surface area contributed by atoms with Gasteiger partial charge in [-0.05, 0) is 37.8 Å². The van der Waals surface area contributed by atoms with Gasteiger partial charge in [-0.25, -0.2) is 4.39 Å². The quantitative estimate of drug-likeness (QED) is 0.814. The second kappa shape index (κ2) is 4.96. The van der Waals surface area contributed by atoms with Gasteiger partial charge in [-0.2, -0.15) is 0 Å². The van der Waals surface area contributed by atoms with Crippen molar-refractivity contribution in [1.29, 1.82) is 0 Å². The van der Waals surface area contributed by atoms with Crippen molar-refractivity contribution in [2.45, 2.75) is 52.1 Å². The molecule has 1 aliphatic carbocycles. The van der Waals surface area contributed by atoms with Gasteiger partial charge in [0.2, 0.25) is 0 Å². The number of aliphatic hydroxyl groups excluding tert-OH is 1. The first-order valence-corrected chi connectivity index (χ1v) is 6.01. The van der Waals surface area contributed by atoms with Gasteiger partial charge >= 0.3 is 0 Å². The molecule has 0 aliphatic heterocycles. The van der Waals surface area contributed by atoms with E-state index in [1.165, 1.54) is 0 Å². The minimum absolute atomic E-state index is 0.147. The van der Waals surface area contributed by atoms with Gasteiger partial charge in [0.25, 0.3) is 0 Å². The van der Waals surface area contributed by atoms with Crippen molar-refractivity contribution in [3.63, 3.8) is 0 Å². The SMILES string of the molecule is CC.Cc1cccc(C2([C@@H](C)O)CC2)c1F. The maximum Gasteiger partial charge on any atom is 0.129 e. The molecule has 1 fully saturated rings. The Hall–Kier alpha value is -0.890. The van der Waals surface area contributed by atoms with Crippen LogP contribution in [0.15, 0.2) is 18.2 Å². The molecule has 16 heavy (non-hydrogen) atoms. The molecule has 1 aromatic carbocycles. The lowest BCUT2D eigenvalue weighted by atomic mass is 9.89. The number of halogens is 1. The lowest BCUT2D eigenvalue weighted by molar-refractivity contribution is 0.148. The van der Waals surface area contributed by atoms with Crippen LogP contribution >= 0.6 is 0 Å². The van der Waals surface area contributed by atoms with Gasteiger partial charge in [-0.1, -0.05) is 32.0 Å². The zero-order valence-corrected chi connectivity index (χ0v) is 10.5. The Balaban J connectivity index is 0.000000606. The van der Waals surface area contributed by atoms with Crippen LogP contribution in [0.4, 0.5) is 4.39 Å². The Morgan fingerprint density at radius 3 is 2.31 bits per heavy atom. The Bertz CT molecular complexity index is 354. The van der Waals surface area contributed by atoms with Crippen molar-refractivity contribution >= 4 is 0 Å². The zero-order valence-electron chi connectivity index (χ0n) is 10.5. The number of benzene rings is 1. The molecule has 1 saturated carbocycles. The first-order chi connectivity index (χ1) is 7.58. The number of hydrogen-bond acceptors (Lipinski definition) is 1. The van der Waals surface area contributed by atoms with Crippen molar-refractivity contribution in [1.82, 2.24) is 0 Å². The van der Waals surface area contributed by atoms with E-state index in [0.29, 0.717) is 11.1 Å². The molecule has 0 saturated heterocycles. The Morgan fingerprint density at radius 1 is 1.31 bits per heavy atom. The normalized spacial score (nSPS) is 18.4. The molecule has 2 heteroatoms. The lowest BCUT2D eigenvalue weighted by Crippen LogP contribution is -2.24. The van der Waals surface area contributed by atoms with E-state index in [1.807, 2.05) is 19.9 Å². The van der Waals surface area contributed by atoms with Crippen molar-refractivity contribution < 1.29 is 9.50 Å². The smallest absolute Gasteiger partial charge is 0.129 e. The fourth-order valence-corrected chi connectivity index (χ4v) is 2.08. The van der Waals surface area contributed by atoms with Gasteiger partial charge in [-0.3, -0.25) is 0 Å². The van der Waals surface area contributed by atoms with Crippen molar-refractivity contribution in [2.24, 2.45) is 0 Å². The first kappa shape index (κ1) is 13.2. The second-order valence-corrected chi connectivity index (χ2v) is 4.27. The fraction of sp³-hybridized carbons (Fsp3) is 0.571. The standard InChI is InChI=1S/C12H15FO.C2H6/c1-8-4-3-5-10(11(8)13)12(6-7-12)9(2)14;1-2/h3-5,9,14H,6-7H2,1-2H3;1-2H3/t9-;/m1./s1. The lowest BCUT2D eigenvalue weighted by Gasteiger charge is -2.20. The van der Waals surface area contributed by atoms with E-state index in [4.69, 9.17) is 0 Å². The highest BCUT2D eigenvalue weighted by Gasteiger charge is 2.49. The maximum atomic E-state index is 13.8. The van der Waals surface area contributed by atoms with Crippen LogP contribution in [-0.2, 0) is 5.41 Å². The highest BCUT2D eigenvalue weighted by atomic mass is 19.1. The summed E-state index contributed by atoms with van der Waals surface area (Å²) in [6, 6.07) is 5.41. The Kier molecular flexibility index (Phi) is 4.09. The summed E-state index contributed by atoms with van der Waals surface area (Å²) in [5.41, 5.74) is 1.05. The molecule has 0 spiro atoms.